The van der Waals surface area contributed by atoms with Gasteiger partial charge >= 0.3 is 0 Å². The lowest BCUT2D eigenvalue weighted by molar-refractivity contribution is -0.118. The highest BCUT2D eigenvalue weighted by Gasteiger charge is 2.17. The first kappa shape index (κ1) is 24.2. The molecule has 12 heteroatoms. The van der Waals surface area contributed by atoms with Crippen molar-refractivity contribution in [2.45, 2.75) is 25.7 Å². The van der Waals surface area contributed by atoms with Gasteiger partial charge in [0.25, 0.3) is 11.8 Å². The van der Waals surface area contributed by atoms with E-state index in [1.807, 2.05) is 45.0 Å². The maximum Gasteiger partial charge on any atom is 0.276 e. The van der Waals surface area contributed by atoms with Gasteiger partial charge < -0.3 is 24.8 Å². The molecule has 11 nitrogen and oxygen atoms in total. The van der Waals surface area contributed by atoms with Crippen molar-refractivity contribution in [3.05, 3.63) is 47.4 Å². The van der Waals surface area contributed by atoms with E-state index in [1.165, 1.54) is 11.8 Å². The number of aromatic nitrogens is 4. The SMILES string of the molecule is Cc1cc2c(nn1)OCCO2.Cc1ccc2c(n1)NC(=O)CO2.Cc1ccc2c(n1)NC(=O)CS2. The molecule has 3 aromatic rings. The molecule has 6 rings (SSSR count). The van der Waals surface area contributed by atoms with Crippen molar-refractivity contribution in [2.75, 3.05) is 36.2 Å². The van der Waals surface area contributed by atoms with Crippen LogP contribution in [0.25, 0.3) is 0 Å². The first-order valence-corrected chi connectivity index (χ1v) is 11.8. The second-order valence-corrected chi connectivity index (χ2v) is 8.64. The number of carbonyl (C=O) groups excluding carboxylic acids is 2. The molecule has 0 fully saturated rings. The Balaban J connectivity index is 0.000000124. The van der Waals surface area contributed by atoms with Gasteiger partial charge in [0.15, 0.2) is 23.9 Å². The fraction of sp³-hybridized carbons (Fsp3) is 0.304. The lowest BCUT2D eigenvalue weighted by atomic mass is 10.3. The molecule has 3 aliphatic rings. The van der Waals surface area contributed by atoms with Crippen LogP contribution in [0.4, 0.5) is 11.6 Å². The molecule has 182 valence electrons. The van der Waals surface area contributed by atoms with Gasteiger partial charge in [0.05, 0.1) is 16.3 Å². The molecular formula is C23H24N6O5S. The van der Waals surface area contributed by atoms with Crippen LogP contribution in [0.1, 0.15) is 17.1 Å². The van der Waals surface area contributed by atoms with Gasteiger partial charge in [-0.15, -0.1) is 16.9 Å². The van der Waals surface area contributed by atoms with Crippen LogP contribution in [0.5, 0.6) is 17.4 Å². The van der Waals surface area contributed by atoms with Gasteiger partial charge in [0, 0.05) is 17.5 Å². The average Bonchev–Trinajstić information content (AvgIpc) is 2.84. The van der Waals surface area contributed by atoms with Crippen molar-refractivity contribution in [2.24, 2.45) is 0 Å². The van der Waals surface area contributed by atoms with Crippen LogP contribution < -0.4 is 24.8 Å². The second kappa shape index (κ2) is 11.0. The van der Waals surface area contributed by atoms with E-state index in [1.54, 1.807) is 6.07 Å². The molecule has 3 aliphatic heterocycles. The number of anilines is 2. The van der Waals surface area contributed by atoms with Gasteiger partial charge in [-0.3, -0.25) is 9.59 Å². The number of fused-ring (bicyclic) bond motifs is 3. The van der Waals surface area contributed by atoms with Crippen molar-refractivity contribution in [1.29, 1.82) is 0 Å². The highest BCUT2D eigenvalue weighted by atomic mass is 32.2. The Hall–Kier alpha value is -3.93. The normalized spacial score (nSPS) is 14.8. The summed E-state index contributed by atoms with van der Waals surface area (Å²) in [7, 11) is 0. The van der Waals surface area contributed by atoms with Gasteiger partial charge in [-0.2, -0.15) is 5.10 Å². The lowest BCUT2D eigenvalue weighted by Gasteiger charge is -2.16. The van der Waals surface area contributed by atoms with Crippen molar-refractivity contribution in [1.82, 2.24) is 20.2 Å². The monoisotopic (exact) mass is 496 g/mol. The molecule has 0 bridgehead atoms. The smallest absolute Gasteiger partial charge is 0.276 e. The third-order valence-corrected chi connectivity index (χ3v) is 5.70. The molecule has 6 heterocycles. The second-order valence-electron chi connectivity index (χ2n) is 7.62. The first-order valence-electron chi connectivity index (χ1n) is 10.8. The third kappa shape index (κ3) is 6.57. The zero-order valence-corrected chi connectivity index (χ0v) is 20.3. The first-order chi connectivity index (χ1) is 16.9. The number of hydrogen-bond acceptors (Lipinski definition) is 10. The summed E-state index contributed by atoms with van der Waals surface area (Å²) in [5.41, 5.74) is 2.63. The Morgan fingerprint density at radius 2 is 1.49 bits per heavy atom. The minimum absolute atomic E-state index is 0.0330. The molecule has 2 amide bonds. The number of ether oxygens (including phenoxy) is 3. The number of pyridine rings is 2. The topological polar surface area (TPSA) is 137 Å². The molecule has 0 unspecified atom stereocenters. The molecular weight excluding hydrogens is 472 g/mol. The average molecular weight is 497 g/mol. The fourth-order valence-corrected chi connectivity index (χ4v) is 3.83. The maximum absolute atomic E-state index is 11.0. The number of carbonyl (C=O) groups is 2. The molecule has 0 saturated carbocycles. The lowest BCUT2D eigenvalue weighted by Crippen LogP contribution is -2.26. The van der Waals surface area contributed by atoms with Crippen LogP contribution in [-0.2, 0) is 9.59 Å². The Labute approximate surface area is 206 Å². The molecule has 2 N–H and O–H groups in total. The fourth-order valence-electron chi connectivity index (χ4n) is 3.07. The summed E-state index contributed by atoms with van der Waals surface area (Å²) in [6.07, 6.45) is 0. The molecule has 0 atom stereocenters. The predicted octanol–water partition coefficient (Wildman–Crippen LogP) is 2.71. The van der Waals surface area contributed by atoms with E-state index in [0.717, 1.165) is 22.0 Å². The summed E-state index contributed by atoms with van der Waals surface area (Å²) < 4.78 is 15.6. The van der Waals surface area contributed by atoms with Crippen LogP contribution in [0.2, 0.25) is 0 Å². The van der Waals surface area contributed by atoms with Crippen LogP contribution >= 0.6 is 11.8 Å². The minimum atomic E-state index is -0.152. The van der Waals surface area contributed by atoms with Gasteiger partial charge in [-0.05, 0) is 45.0 Å². The number of thioether (sulfide) groups is 1. The van der Waals surface area contributed by atoms with Gasteiger partial charge in [0.2, 0.25) is 5.91 Å². The zero-order chi connectivity index (χ0) is 24.8. The van der Waals surface area contributed by atoms with Gasteiger partial charge in [-0.1, -0.05) is 0 Å². The Morgan fingerprint density at radius 3 is 2.31 bits per heavy atom. The van der Waals surface area contributed by atoms with E-state index < -0.39 is 0 Å². The number of nitrogens with one attached hydrogen (secondary N) is 2. The minimum Gasteiger partial charge on any atom is -0.484 e. The van der Waals surface area contributed by atoms with Crippen LogP contribution in [-0.4, -0.2) is 57.6 Å². The van der Waals surface area contributed by atoms with Crippen molar-refractivity contribution in [3.63, 3.8) is 0 Å². The molecule has 0 saturated heterocycles. The summed E-state index contributed by atoms with van der Waals surface area (Å²) in [5.74, 6) is 3.44. The highest BCUT2D eigenvalue weighted by Crippen LogP contribution is 2.29. The largest absolute Gasteiger partial charge is 0.484 e. The number of rotatable bonds is 0. The van der Waals surface area contributed by atoms with E-state index >= 15 is 0 Å². The summed E-state index contributed by atoms with van der Waals surface area (Å²) >= 11 is 1.53. The summed E-state index contributed by atoms with van der Waals surface area (Å²) in [6.45, 7) is 6.87. The van der Waals surface area contributed by atoms with Gasteiger partial charge in [-0.25, -0.2) is 9.97 Å². The van der Waals surface area contributed by atoms with Crippen LogP contribution in [0.15, 0.2) is 35.2 Å². The molecule has 0 radical (unpaired) electrons. The third-order valence-electron chi connectivity index (χ3n) is 4.66. The van der Waals surface area contributed by atoms with Crippen molar-refractivity contribution in [3.8, 4) is 17.4 Å². The maximum atomic E-state index is 11.0. The van der Waals surface area contributed by atoms with E-state index in [9.17, 15) is 9.59 Å². The summed E-state index contributed by atoms with van der Waals surface area (Å²) in [4.78, 5) is 31.2. The van der Waals surface area contributed by atoms with Crippen LogP contribution in [0, 0.1) is 20.8 Å². The highest BCUT2D eigenvalue weighted by molar-refractivity contribution is 8.00. The van der Waals surface area contributed by atoms with Gasteiger partial charge in [0.1, 0.15) is 19.0 Å². The van der Waals surface area contributed by atoms with E-state index in [4.69, 9.17) is 14.2 Å². The number of nitrogens with zero attached hydrogens (tertiary/aromatic N) is 4. The Bertz CT molecular complexity index is 1190. The zero-order valence-electron chi connectivity index (χ0n) is 19.5. The van der Waals surface area contributed by atoms with E-state index in [2.05, 4.69) is 30.8 Å². The molecule has 3 aromatic heterocycles. The number of hydrogen-bond donors (Lipinski definition) is 2. The van der Waals surface area contributed by atoms with Crippen molar-refractivity contribution < 1.29 is 23.8 Å². The number of aryl methyl sites for hydroxylation is 3. The number of amides is 2. The standard InChI is InChI=1S/C8H8N2O2.C8H8N2OS.C7H8N2O2/c2*1-5-2-3-6-8(9-5)10-7(11)4-12-6;1-5-4-6-7(9-8-5)11-3-2-10-6/h2*2-3H,4H2,1H3,(H,9,10,11);4H,2-3H2,1H3. The summed E-state index contributed by atoms with van der Waals surface area (Å²) in [6, 6.07) is 9.40. The summed E-state index contributed by atoms with van der Waals surface area (Å²) in [5, 5.41) is 13.0. The van der Waals surface area contributed by atoms with Crippen LogP contribution in [0.3, 0.4) is 0 Å². The Morgan fingerprint density at radius 1 is 0.771 bits per heavy atom. The van der Waals surface area contributed by atoms with Crippen molar-refractivity contribution >= 4 is 35.2 Å². The van der Waals surface area contributed by atoms with E-state index in [-0.39, 0.29) is 18.4 Å². The Kier molecular flexibility index (Phi) is 7.60. The predicted molar refractivity (Wildman–Crippen MR) is 129 cm³/mol. The molecule has 35 heavy (non-hydrogen) atoms. The molecule has 0 spiro atoms. The molecule has 0 aromatic carbocycles. The van der Waals surface area contributed by atoms with E-state index in [0.29, 0.717) is 48.0 Å². The quantitative estimate of drug-likeness (QED) is 0.478. The molecule has 0 aliphatic carbocycles.